The highest BCUT2D eigenvalue weighted by atomic mass is 16.6. The van der Waals surface area contributed by atoms with E-state index in [1.54, 1.807) is 31.2 Å². The van der Waals surface area contributed by atoms with Crippen molar-refractivity contribution in [3.05, 3.63) is 63.1 Å². The fourth-order valence-corrected chi connectivity index (χ4v) is 2.73. The second-order valence-corrected chi connectivity index (χ2v) is 5.74. The number of rotatable bonds is 6. The number of nitro groups is 1. The van der Waals surface area contributed by atoms with Crippen molar-refractivity contribution in [2.45, 2.75) is 19.9 Å². The Kier molecular flexibility index (Phi) is 4.93. The van der Waals surface area contributed by atoms with Crippen molar-refractivity contribution in [1.29, 1.82) is 0 Å². The quantitative estimate of drug-likeness (QED) is 0.526. The Hall–Kier alpha value is -3.62. The number of para-hydroxylation sites is 2. The molecule has 9 nitrogen and oxygen atoms in total. The number of carbonyl (C=O) groups excluding carboxylic acids is 1. The van der Waals surface area contributed by atoms with Gasteiger partial charge in [0.25, 0.3) is 5.69 Å². The lowest BCUT2D eigenvalue weighted by Gasteiger charge is -2.14. The molecule has 0 saturated heterocycles. The van der Waals surface area contributed by atoms with Gasteiger partial charge in [0.05, 0.1) is 23.1 Å². The minimum atomic E-state index is -0.938. The zero-order valence-electron chi connectivity index (χ0n) is 14.7. The highest BCUT2D eigenvalue weighted by molar-refractivity contribution is 5.96. The van der Waals surface area contributed by atoms with Crippen LogP contribution in [0.15, 0.2) is 51.7 Å². The van der Waals surface area contributed by atoms with Gasteiger partial charge in [0, 0.05) is 0 Å². The zero-order valence-corrected chi connectivity index (χ0v) is 14.7. The van der Waals surface area contributed by atoms with Gasteiger partial charge in [-0.15, -0.1) is 0 Å². The second kappa shape index (κ2) is 7.32. The van der Waals surface area contributed by atoms with Crippen LogP contribution in [0.3, 0.4) is 0 Å². The third-order valence-electron chi connectivity index (χ3n) is 4.02. The Labute approximate surface area is 153 Å². The van der Waals surface area contributed by atoms with Crippen molar-refractivity contribution < 1.29 is 18.9 Å². The number of amides is 1. The monoisotopic (exact) mass is 371 g/mol. The molecular weight excluding hydrogens is 354 g/mol. The highest BCUT2D eigenvalue weighted by Gasteiger charge is 2.24. The molecule has 1 aromatic heterocycles. The van der Waals surface area contributed by atoms with Gasteiger partial charge >= 0.3 is 5.76 Å². The van der Waals surface area contributed by atoms with E-state index < -0.39 is 22.6 Å². The van der Waals surface area contributed by atoms with Crippen molar-refractivity contribution >= 4 is 28.4 Å². The van der Waals surface area contributed by atoms with Crippen LogP contribution in [0.25, 0.3) is 11.1 Å². The van der Waals surface area contributed by atoms with Crippen molar-refractivity contribution in [2.24, 2.45) is 0 Å². The Bertz CT molecular complexity index is 1070. The summed E-state index contributed by atoms with van der Waals surface area (Å²) in [6, 6.07) is 9.92. The van der Waals surface area contributed by atoms with Gasteiger partial charge in [-0.25, -0.2) is 4.79 Å². The van der Waals surface area contributed by atoms with Crippen LogP contribution >= 0.6 is 0 Å². The number of carbonyl (C=O) groups is 1. The summed E-state index contributed by atoms with van der Waals surface area (Å²) in [7, 11) is 0. The summed E-state index contributed by atoms with van der Waals surface area (Å²) < 4.78 is 11.6. The molecule has 3 rings (SSSR count). The van der Waals surface area contributed by atoms with Gasteiger partial charge in [0.2, 0.25) is 5.91 Å². The molecule has 1 heterocycles. The maximum atomic E-state index is 12.6. The van der Waals surface area contributed by atoms with Crippen LogP contribution < -0.4 is 15.8 Å². The first-order valence-corrected chi connectivity index (χ1v) is 8.24. The fraction of sp³-hybridized carbons (Fsp3) is 0.222. The van der Waals surface area contributed by atoms with E-state index in [1.165, 1.54) is 29.7 Å². The van der Waals surface area contributed by atoms with Gasteiger partial charge in [0.1, 0.15) is 17.5 Å². The predicted octanol–water partition coefficient (Wildman–Crippen LogP) is 3.10. The third kappa shape index (κ3) is 3.52. The molecule has 0 saturated carbocycles. The second-order valence-electron chi connectivity index (χ2n) is 5.74. The number of hydrogen-bond acceptors (Lipinski definition) is 6. The average Bonchev–Trinajstić information content (AvgIpc) is 2.98. The average molecular weight is 371 g/mol. The van der Waals surface area contributed by atoms with Gasteiger partial charge in [-0.1, -0.05) is 12.1 Å². The first-order valence-electron chi connectivity index (χ1n) is 8.24. The molecule has 1 amide bonds. The number of oxazole rings is 1. The number of nitro benzene ring substituents is 1. The van der Waals surface area contributed by atoms with E-state index in [0.29, 0.717) is 23.5 Å². The summed E-state index contributed by atoms with van der Waals surface area (Å²) in [5.74, 6) is -0.941. The zero-order chi connectivity index (χ0) is 19.6. The molecule has 27 heavy (non-hydrogen) atoms. The number of hydrogen-bond donors (Lipinski definition) is 1. The maximum Gasteiger partial charge on any atom is 0.420 e. The van der Waals surface area contributed by atoms with Crippen LogP contribution in [0.5, 0.6) is 5.75 Å². The minimum absolute atomic E-state index is 0.0150. The van der Waals surface area contributed by atoms with Crippen LogP contribution in [0.1, 0.15) is 19.9 Å². The summed E-state index contributed by atoms with van der Waals surface area (Å²) in [5.41, 5.74) is 0.535. The van der Waals surface area contributed by atoms with Gasteiger partial charge in [-0.05, 0) is 38.1 Å². The smallest absolute Gasteiger partial charge is 0.420 e. The topological polar surface area (TPSA) is 117 Å². The molecule has 1 N–H and O–H groups in total. The number of fused-ring (bicyclic) bond motifs is 1. The number of ether oxygens (including phenoxy) is 1. The largest absolute Gasteiger partial charge is 0.494 e. The van der Waals surface area contributed by atoms with Crippen LogP contribution in [-0.4, -0.2) is 22.0 Å². The molecule has 3 aromatic rings. The molecule has 0 aliphatic heterocycles. The highest BCUT2D eigenvalue weighted by Crippen LogP contribution is 2.30. The van der Waals surface area contributed by atoms with Gasteiger partial charge in [0.15, 0.2) is 5.58 Å². The first kappa shape index (κ1) is 18.2. The lowest BCUT2D eigenvalue weighted by atomic mass is 10.2. The lowest BCUT2D eigenvalue weighted by molar-refractivity contribution is -0.384. The summed E-state index contributed by atoms with van der Waals surface area (Å²) in [6.07, 6.45) is 0. The molecule has 0 radical (unpaired) electrons. The Balaban J connectivity index is 1.92. The number of aromatic nitrogens is 1. The first-order chi connectivity index (χ1) is 12.9. The minimum Gasteiger partial charge on any atom is -0.494 e. The molecule has 1 atom stereocenters. The Morgan fingerprint density at radius 3 is 2.78 bits per heavy atom. The molecule has 0 fully saturated rings. The SMILES string of the molecule is CCOc1ccc(NC(=O)C(C)n2c(=O)oc3ccccc32)c([N+](=O)[O-])c1. The number of nitrogens with one attached hydrogen (secondary N) is 1. The van der Waals surface area contributed by atoms with E-state index >= 15 is 0 Å². The van der Waals surface area contributed by atoms with Gasteiger partial charge in [-0.3, -0.25) is 19.5 Å². The molecule has 0 spiro atoms. The fourth-order valence-electron chi connectivity index (χ4n) is 2.73. The lowest BCUT2D eigenvalue weighted by Crippen LogP contribution is -2.29. The maximum absolute atomic E-state index is 12.6. The predicted molar refractivity (Wildman–Crippen MR) is 98.1 cm³/mol. The molecule has 1 unspecified atom stereocenters. The van der Waals surface area contributed by atoms with Crippen LogP contribution in [-0.2, 0) is 4.79 Å². The van der Waals surface area contributed by atoms with Crippen LogP contribution in [0, 0.1) is 10.1 Å². The van der Waals surface area contributed by atoms with Crippen LogP contribution in [0.4, 0.5) is 11.4 Å². The Morgan fingerprint density at radius 2 is 2.07 bits per heavy atom. The van der Waals surface area contributed by atoms with Crippen molar-refractivity contribution in [3.8, 4) is 5.75 Å². The van der Waals surface area contributed by atoms with Crippen LogP contribution in [0.2, 0.25) is 0 Å². The molecular formula is C18H17N3O6. The number of anilines is 1. The molecule has 2 aromatic carbocycles. The summed E-state index contributed by atoms with van der Waals surface area (Å²) in [4.78, 5) is 35.5. The summed E-state index contributed by atoms with van der Waals surface area (Å²) in [6.45, 7) is 3.63. The third-order valence-corrected chi connectivity index (χ3v) is 4.02. The molecule has 0 bridgehead atoms. The van der Waals surface area contributed by atoms with E-state index in [9.17, 15) is 19.7 Å². The van der Waals surface area contributed by atoms with Crippen molar-refractivity contribution in [3.63, 3.8) is 0 Å². The van der Waals surface area contributed by atoms with Crippen molar-refractivity contribution in [1.82, 2.24) is 4.57 Å². The number of nitrogens with zero attached hydrogens (tertiary/aromatic N) is 2. The summed E-state index contributed by atoms with van der Waals surface area (Å²) >= 11 is 0. The molecule has 9 heteroatoms. The normalized spacial score (nSPS) is 11.9. The van der Waals surface area contributed by atoms with E-state index in [4.69, 9.17) is 9.15 Å². The van der Waals surface area contributed by atoms with Gasteiger partial charge in [-0.2, -0.15) is 0 Å². The molecule has 0 aliphatic carbocycles. The van der Waals surface area contributed by atoms with E-state index in [0.717, 1.165) is 0 Å². The van der Waals surface area contributed by atoms with Crippen molar-refractivity contribution in [2.75, 3.05) is 11.9 Å². The van der Waals surface area contributed by atoms with E-state index in [2.05, 4.69) is 5.32 Å². The molecule has 140 valence electrons. The van der Waals surface area contributed by atoms with E-state index in [1.807, 2.05) is 0 Å². The standard InChI is InChI=1S/C18H17N3O6/c1-3-26-12-8-9-13(15(10-12)21(24)25)19-17(22)11(2)20-14-6-4-5-7-16(14)27-18(20)23/h4-11H,3H2,1-2H3,(H,19,22). The van der Waals surface area contributed by atoms with E-state index in [-0.39, 0.29) is 11.4 Å². The number of benzene rings is 2. The van der Waals surface area contributed by atoms with Gasteiger partial charge < -0.3 is 14.5 Å². The Morgan fingerprint density at radius 1 is 1.33 bits per heavy atom. The summed E-state index contributed by atoms with van der Waals surface area (Å²) in [5, 5.41) is 13.8. The molecule has 0 aliphatic rings.